The monoisotopic (exact) mass is 335 g/mol. The minimum Gasteiger partial charge on any atom is -0.494 e. The third-order valence-corrected chi connectivity index (χ3v) is 3.46. The second-order valence-corrected chi connectivity index (χ2v) is 5.34. The number of hydrogen-bond acceptors (Lipinski definition) is 3. The minimum absolute atomic E-state index is 0.00539. The van der Waals surface area contributed by atoms with Crippen LogP contribution in [0.1, 0.15) is 25.5 Å². The lowest BCUT2D eigenvalue weighted by Gasteiger charge is -2.11. The van der Waals surface area contributed by atoms with E-state index >= 15 is 0 Å². The SMILES string of the molecule is CCOc1ccc(Oc2ccc(C(C)N)cc2Br)cc1. The number of nitrogens with two attached hydrogens (primary N) is 1. The molecule has 0 radical (unpaired) electrons. The van der Waals surface area contributed by atoms with Crippen LogP contribution in [0.2, 0.25) is 0 Å². The average Bonchev–Trinajstić information content (AvgIpc) is 2.43. The lowest BCUT2D eigenvalue weighted by atomic mass is 10.1. The van der Waals surface area contributed by atoms with Crippen molar-refractivity contribution >= 4 is 15.9 Å². The van der Waals surface area contributed by atoms with Gasteiger partial charge in [-0.15, -0.1) is 0 Å². The van der Waals surface area contributed by atoms with Crippen LogP contribution >= 0.6 is 15.9 Å². The molecule has 4 heteroatoms. The van der Waals surface area contributed by atoms with Crippen LogP contribution in [-0.4, -0.2) is 6.61 Å². The van der Waals surface area contributed by atoms with Gasteiger partial charge in [-0.2, -0.15) is 0 Å². The van der Waals surface area contributed by atoms with Gasteiger partial charge in [0.25, 0.3) is 0 Å². The standard InChI is InChI=1S/C16H18BrNO2/c1-3-19-13-5-7-14(8-6-13)20-16-9-4-12(11(2)18)10-15(16)17/h4-11H,3,18H2,1-2H3. The fourth-order valence-electron chi connectivity index (χ4n) is 1.78. The molecule has 0 aliphatic heterocycles. The lowest BCUT2D eigenvalue weighted by Crippen LogP contribution is -2.04. The van der Waals surface area contributed by atoms with E-state index in [0.717, 1.165) is 27.3 Å². The molecule has 0 saturated carbocycles. The van der Waals surface area contributed by atoms with Crippen LogP contribution in [0.4, 0.5) is 0 Å². The Morgan fingerprint density at radius 2 is 1.75 bits per heavy atom. The zero-order valence-electron chi connectivity index (χ0n) is 11.6. The Hall–Kier alpha value is -1.52. The summed E-state index contributed by atoms with van der Waals surface area (Å²) in [6.45, 7) is 4.57. The van der Waals surface area contributed by atoms with Crippen molar-refractivity contribution in [2.24, 2.45) is 5.73 Å². The molecule has 0 heterocycles. The third-order valence-electron chi connectivity index (χ3n) is 2.84. The van der Waals surface area contributed by atoms with Crippen molar-refractivity contribution in [3.8, 4) is 17.2 Å². The first-order valence-electron chi connectivity index (χ1n) is 6.56. The average molecular weight is 336 g/mol. The second kappa shape index (κ2) is 6.77. The van der Waals surface area contributed by atoms with Crippen molar-refractivity contribution in [1.82, 2.24) is 0 Å². The van der Waals surface area contributed by atoms with Crippen LogP contribution in [0.5, 0.6) is 17.2 Å². The van der Waals surface area contributed by atoms with E-state index in [2.05, 4.69) is 15.9 Å². The summed E-state index contributed by atoms with van der Waals surface area (Å²) in [5.74, 6) is 2.37. The number of halogens is 1. The molecule has 3 nitrogen and oxygen atoms in total. The molecular weight excluding hydrogens is 318 g/mol. The van der Waals surface area contributed by atoms with Gasteiger partial charge in [-0.3, -0.25) is 0 Å². The van der Waals surface area contributed by atoms with E-state index in [-0.39, 0.29) is 6.04 Å². The summed E-state index contributed by atoms with van der Waals surface area (Å²) in [7, 11) is 0. The topological polar surface area (TPSA) is 44.5 Å². The Balaban J connectivity index is 2.13. The summed E-state index contributed by atoms with van der Waals surface area (Å²) in [6.07, 6.45) is 0. The molecule has 0 fully saturated rings. The molecule has 2 N–H and O–H groups in total. The highest BCUT2D eigenvalue weighted by atomic mass is 79.9. The van der Waals surface area contributed by atoms with Crippen molar-refractivity contribution < 1.29 is 9.47 Å². The number of rotatable bonds is 5. The van der Waals surface area contributed by atoms with Gasteiger partial charge < -0.3 is 15.2 Å². The van der Waals surface area contributed by atoms with Crippen molar-refractivity contribution in [3.63, 3.8) is 0 Å². The highest BCUT2D eigenvalue weighted by Gasteiger charge is 2.06. The molecule has 2 aromatic rings. The second-order valence-electron chi connectivity index (χ2n) is 4.49. The van der Waals surface area contributed by atoms with Crippen molar-refractivity contribution in [2.75, 3.05) is 6.61 Å². The van der Waals surface area contributed by atoms with Gasteiger partial charge in [0.05, 0.1) is 11.1 Å². The molecule has 106 valence electrons. The van der Waals surface area contributed by atoms with Crippen molar-refractivity contribution in [2.45, 2.75) is 19.9 Å². The van der Waals surface area contributed by atoms with Crippen LogP contribution < -0.4 is 15.2 Å². The fourth-order valence-corrected chi connectivity index (χ4v) is 2.26. The zero-order chi connectivity index (χ0) is 14.5. The van der Waals surface area contributed by atoms with Gasteiger partial charge >= 0.3 is 0 Å². The van der Waals surface area contributed by atoms with Gasteiger partial charge in [0.1, 0.15) is 17.2 Å². The van der Waals surface area contributed by atoms with E-state index in [1.165, 1.54) is 0 Å². The predicted octanol–water partition coefficient (Wildman–Crippen LogP) is 4.66. The molecule has 2 aromatic carbocycles. The molecule has 0 aromatic heterocycles. The molecule has 1 unspecified atom stereocenters. The van der Waals surface area contributed by atoms with Gasteiger partial charge in [-0.25, -0.2) is 0 Å². The van der Waals surface area contributed by atoms with E-state index in [1.54, 1.807) is 0 Å². The van der Waals surface area contributed by atoms with Gasteiger partial charge in [0, 0.05) is 6.04 Å². The van der Waals surface area contributed by atoms with E-state index < -0.39 is 0 Å². The van der Waals surface area contributed by atoms with E-state index in [4.69, 9.17) is 15.2 Å². The summed E-state index contributed by atoms with van der Waals surface area (Å²) in [4.78, 5) is 0. The number of benzene rings is 2. The maximum absolute atomic E-state index is 5.85. The highest BCUT2D eigenvalue weighted by Crippen LogP contribution is 2.32. The van der Waals surface area contributed by atoms with Crippen molar-refractivity contribution in [3.05, 3.63) is 52.5 Å². The number of hydrogen-bond donors (Lipinski definition) is 1. The summed E-state index contributed by atoms with van der Waals surface area (Å²) in [5, 5.41) is 0. The number of ether oxygens (including phenoxy) is 2. The van der Waals surface area contributed by atoms with Crippen LogP contribution in [0.25, 0.3) is 0 Å². The maximum atomic E-state index is 5.85. The van der Waals surface area contributed by atoms with E-state index in [1.807, 2.05) is 56.3 Å². The van der Waals surface area contributed by atoms with Gasteiger partial charge in [-0.1, -0.05) is 6.07 Å². The van der Waals surface area contributed by atoms with Gasteiger partial charge in [0.15, 0.2) is 0 Å². The Morgan fingerprint density at radius 3 is 2.30 bits per heavy atom. The molecule has 0 aliphatic rings. The van der Waals surface area contributed by atoms with Crippen LogP contribution in [0, 0.1) is 0 Å². The largest absolute Gasteiger partial charge is 0.494 e. The minimum atomic E-state index is 0.00539. The molecular formula is C16H18BrNO2. The first kappa shape index (κ1) is 14.9. The lowest BCUT2D eigenvalue weighted by molar-refractivity contribution is 0.339. The Morgan fingerprint density at radius 1 is 1.10 bits per heavy atom. The third kappa shape index (κ3) is 3.74. The Bertz CT molecular complexity index is 567. The fraction of sp³-hybridized carbons (Fsp3) is 0.250. The van der Waals surface area contributed by atoms with E-state index in [9.17, 15) is 0 Å². The Labute approximate surface area is 127 Å². The molecule has 2 rings (SSSR count). The molecule has 0 spiro atoms. The summed E-state index contributed by atoms with van der Waals surface area (Å²) in [6, 6.07) is 13.4. The van der Waals surface area contributed by atoms with Crippen LogP contribution in [0.3, 0.4) is 0 Å². The van der Waals surface area contributed by atoms with Crippen LogP contribution in [-0.2, 0) is 0 Å². The molecule has 0 aliphatic carbocycles. The molecule has 0 saturated heterocycles. The predicted molar refractivity (Wildman–Crippen MR) is 84.4 cm³/mol. The summed E-state index contributed by atoms with van der Waals surface area (Å²) in [5.41, 5.74) is 6.92. The normalized spacial score (nSPS) is 12.0. The molecule has 20 heavy (non-hydrogen) atoms. The summed E-state index contributed by atoms with van der Waals surface area (Å²) >= 11 is 3.51. The maximum Gasteiger partial charge on any atom is 0.141 e. The van der Waals surface area contributed by atoms with Gasteiger partial charge in [-0.05, 0) is 71.7 Å². The smallest absolute Gasteiger partial charge is 0.141 e. The highest BCUT2D eigenvalue weighted by molar-refractivity contribution is 9.10. The first-order valence-corrected chi connectivity index (χ1v) is 7.35. The van der Waals surface area contributed by atoms with Crippen molar-refractivity contribution in [1.29, 1.82) is 0 Å². The van der Waals surface area contributed by atoms with Crippen LogP contribution in [0.15, 0.2) is 46.9 Å². The van der Waals surface area contributed by atoms with Gasteiger partial charge in [0.2, 0.25) is 0 Å². The Kier molecular flexibility index (Phi) is 5.04. The molecule has 0 bridgehead atoms. The van der Waals surface area contributed by atoms with E-state index in [0.29, 0.717) is 6.61 Å². The zero-order valence-corrected chi connectivity index (χ0v) is 13.2. The summed E-state index contributed by atoms with van der Waals surface area (Å²) < 4.78 is 12.1. The molecule has 1 atom stereocenters. The first-order chi connectivity index (χ1) is 9.60. The molecule has 0 amide bonds. The quantitative estimate of drug-likeness (QED) is 0.864.